The highest BCUT2D eigenvalue weighted by Gasteiger charge is 2.47. The molecule has 4 rings (SSSR count). The number of amidine groups is 1. The molecular formula is C20H23N4PS. The molecule has 0 saturated heterocycles. The minimum Gasteiger partial charge on any atom is -0.266 e. The highest BCUT2D eigenvalue weighted by molar-refractivity contribution is 8.15. The largest absolute Gasteiger partial charge is 0.266 e. The van der Waals surface area contributed by atoms with Crippen molar-refractivity contribution in [1.29, 1.82) is 0 Å². The molecule has 0 aromatic heterocycles. The van der Waals surface area contributed by atoms with Gasteiger partial charge in [-0.3, -0.25) is 4.67 Å². The third-order valence-corrected chi connectivity index (χ3v) is 9.61. The van der Waals surface area contributed by atoms with Gasteiger partial charge in [-0.2, -0.15) is 0 Å². The number of benzene rings is 2. The molecule has 134 valence electrons. The second kappa shape index (κ2) is 6.66. The van der Waals surface area contributed by atoms with Crippen LogP contribution in [-0.2, 0) is 11.8 Å². The van der Waals surface area contributed by atoms with Gasteiger partial charge in [0.25, 0.3) is 0 Å². The second-order valence-electron chi connectivity index (χ2n) is 6.39. The van der Waals surface area contributed by atoms with E-state index >= 15 is 0 Å². The molecule has 0 fully saturated rings. The van der Waals surface area contributed by atoms with Gasteiger partial charge >= 0.3 is 0 Å². The molecule has 26 heavy (non-hydrogen) atoms. The first-order chi connectivity index (χ1) is 12.6. The van der Waals surface area contributed by atoms with Gasteiger partial charge in [0, 0.05) is 18.7 Å². The number of hydrazone groups is 1. The summed E-state index contributed by atoms with van der Waals surface area (Å²) in [4.78, 5) is 0. The molecule has 0 bridgehead atoms. The van der Waals surface area contributed by atoms with E-state index in [2.05, 4.69) is 77.4 Å². The van der Waals surface area contributed by atoms with Crippen LogP contribution in [0.5, 0.6) is 0 Å². The van der Waals surface area contributed by atoms with Gasteiger partial charge < -0.3 is 0 Å². The number of para-hydroxylation sites is 2. The van der Waals surface area contributed by atoms with Crippen LogP contribution in [0.2, 0.25) is 0 Å². The van der Waals surface area contributed by atoms with E-state index in [0.29, 0.717) is 0 Å². The van der Waals surface area contributed by atoms with Crippen LogP contribution < -0.4 is 9.45 Å². The van der Waals surface area contributed by atoms with Crippen LogP contribution in [0.1, 0.15) is 26.3 Å². The van der Waals surface area contributed by atoms with Crippen molar-refractivity contribution in [3.63, 3.8) is 0 Å². The Balaban J connectivity index is 1.96. The molecule has 0 unspecified atom stereocenters. The first-order valence-corrected chi connectivity index (χ1v) is 11.6. The summed E-state index contributed by atoms with van der Waals surface area (Å²) < 4.78 is 6.79. The average molecular weight is 382 g/mol. The van der Waals surface area contributed by atoms with Gasteiger partial charge in [-0.25, -0.2) is 9.45 Å². The number of nitrogens with zero attached hydrogens (tertiary/aromatic N) is 4. The van der Waals surface area contributed by atoms with Gasteiger partial charge in [0.1, 0.15) is 0 Å². The summed E-state index contributed by atoms with van der Waals surface area (Å²) in [5.41, 5.74) is 4.68. The first-order valence-electron chi connectivity index (χ1n) is 8.99. The minimum absolute atomic E-state index is 0.890. The monoisotopic (exact) mass is 382 g/mol. The molecule has 2 aromatic carbocycles. The van der Waals surface area contributed by atoms with Gasteiger partial charge in [0.15, 0.2) is 5.84 Å². The fourth-order valence-corrected chi connectivity index (χ4v) is 8.10. The van der Waals surface area contributed by atoms with Crippen molar-refractivity contribution in [3.05, 3.63) is 66.2 Å². The molecule has 6 heteroatoms. The lowest BCUT2D eigenvalue weighted by atomic mass is 10.0. The lowest BCUT2D eigenvalue weighted by molar-refractivity contribution is 0.503. The molecule has 1 atom stereocenters. The van der Waals surface area contributed by atoms with E-state index in [0.717, 1.165) is 24.6 Å². The summed E-state index contributed by atoms with van der Waals surface area (Å²) in [5, 5.41) is 5.00. The average Bonchev–Trinajstić information content (AvgIpc) is 2.97. The topological polar surface area (TPSA) is 22.1 Å². The van der Waals surface area contributed by atoms with Crippen LogP contribution in [0.25, 0.3) is 5.57 Å². The number of anilines is 2. The predicted octanol–water partition coefficient (Wildman–Crippen LogP) is 5.31. The van der Waals surface area contributed by atoms with Crippen LogP contribution >= 0.6 is 6.49 Å². The molecule has 2 aromatic rings. The molecule has 2 aliphatic heterocycles. The van der Waals surface area contributed by atoms with Gasteiger partial charge in [-0.05, 0) is 48.6 Å². The normalized spacial score (nSPS) is 21.4. The Labute approximate surface area is 160 Å². The van der Waals surface area contributed by atoms with E-state index in [1.54, 1.807) is 0 Å². The highest BCUT2D eigenvalue weighted by atomic mass is 32.4. The van der Waals surface area contributed by atoms with Gasteiger partial charge in [-0.1, -0.05) is 50.2 Å². The van der Waals surface area contributed by atoms with E-state index in [1.807, 2.05) is 18.2 Å². The standard InChI is InChI=1S/C20H23N4PS/c1-4-22(5-2)25(26)23-19-14-10-9-13-18(19)16(3)15-20(23)21-24(25)17-11-7-6-8-12-17/h6-15H,4-5H2,1-3H3/t25-/m0/s1. The second-order valence-corrected chi connectivity index (χ2v) is 10.2. The van der Waals surface area contributed by atoms with Crippen LogP contribution in [0, 0.1) is 0 Å². The zero-order chi connectivity index (χ0) is 18.3. The molecule has 0 saturated carbocycles. The van der Waals surface area contributed by atoms with Gasteiger partial charge in [-0.15, -0.1) is 5.10 Å². The molecule has 2 aliphatic rings. The Kier molecular flexibility index (Phi) is 4.47. The lowest BCUT2D eigenvalue weighted by Crippen LogP contribution is -2.37. The van der Waals surface area contributed by atoms with E-state index in [1.165, 1.54) is 16.8 Å². The SMILES string of the molecule is CCN(CC)[P@@]1(=S)N(c2ccccc2)N=C2C=C(C)c3ccccc3N21. The van der Waals surface area contributed by atoms with E-state index in [4.69, 9.17) is 16.9 Å². The fraction of sp³-hybridized carbons (Fsp3) is 0.250. The molecule has 4 nitrogen and oxygen atoms in total. The first kappa shape index (κ1) is 17.5. The number of fused-ring (bicyclic) bond motifs is 3. The summed E-state index contributed by atoms with van der Waals surface area (Å²) in [5.74, 6) is 0.945. The summed E-state index contributed by atoms with van der Waals surface area (Å²) in [6.45, 7) is 5.96. The number of allylic oxidation sites excluding steroid dienone is 1. The van der Waals surface area contributed by atoms with Gasteiger partial charge in [0.2, 0.25) is 6.49 Å². The zero-order valence-electron chi connectivity index (χ0n) is 15.3. The quantitative estimate of drug-likeness (QED) is 0.668. The molecule has 0 N–H and O–H groups in total. The zero-order valence-corrected chi connectivity index (χ0v) is 17.0. The Hall–Kier alpha value is -1.94. The summed E-state index contributed by atoms with van der Waals surface area (Å²) in [6, 6.07) is 18.8. The van der Waals surface area contributed by atoms with Crippen LogP contribution in [0.15, 0.2) is 65.8 Å². The maximum absolute atomic E-state index is 6.45. The maximum Gasteiger partial charge on any atom is 0.220 e. The maximum atomic E-state index is 6.45. The summed E-state index contributed by atoms with van der Waals surface area (Å²) in [7, 11) is 0. The molecule has 0 spiro atoms. The van der Waals surface area contributed by atoms with Crippen molar-refractivity contribution in [3.8, 4) is 0 Å². The fourth-order valence-electron chi connectivity index (χ4n) is 3.64. The van der Waals surface area contributed by atoms with Crippen molar-refractivity contribution >= 4 is 41.1 Å². The van der Waals surface area contributed by atoms with Crippen molar-refractivity contribution in [2.75, 3.05) is 22.5 Å². The molecule has 0 aliphatic carbocycles. The summed E-state index contributed by atoms with van der Waals surface area (Å²) in [6.07, 6.45) is 2.16. The van der Waals surface area contributed by atoms with Crippen LogP contribution in [0.3, 0.4) is 0 Å². The molecule has 0 radical (unpaired) electrons. The number of hydrogen-bond acceptors (Lipinski definition) is 2. The number of rotatable bonds is 4. The van der Waals surface area contributed by atoms with E-state index < -0.39 is 6.49 Å². The molecule has 0 amide bonds. The minimum atomic E-state index is -2.32. The Morgan fingerprint density at radius 3 is 2.35 bits per heavy atom. The number of hydrogen-bond donors (Lipinski definition) is 0. The van der Waals surface area contributed by atoms with E-state index in [-0.39, 0.29) is 0 Å². The van der Waals surface area contributed by atoms with E-state index in [9.17, 15) is 0 Å². The molecular weight excluding hydrogens is 359 g/mol. The van der Waals surface area contributed by atoms with Crippen molar-refractivity contribution in [2.45, 2.75) is 20.8 Å². The Bertz CT molecular complexity index is 934. The van der Waals surface area contributed by atoms with Crippen molar-refractivity contribution in [2.24, 2.45) is 5.10 Å². The molecule has 2 heterocycles. The summed E-state index contributed by atoms with van der Waals surface area (Å²) >= 11 is 6.45. The third-order valence-electron chi connectivity index (χ3n) is 4.91. The highest BCUT2D eigenvalue weighted by Crippen LogP contribution is 2.64. The van der Waals surface area contributed by atoms with Crippen LogP contribution in [0.4, 0.5) is 11.4 Å². The third kappa shape index (κ3) is 2.46. The Morgan fingerprint density at radius 1 is 1.00 bits per heavy atom. The van der Waals surface area contributed by atoms with Crippen molar-refractivity contribution in [1.82, 2.24) is 4.67 Å². The Morgan fingerprint density at radius 2 is 1.65 bits per heavy atom. The lowest BCUT2D eigenvalue weighted by Gasteiger charge is -2.43. The van der Waals surface area contributed by atoms with Crippen molar-refractivity contribution < 1.29 is 0 Å². The van der Waals surface area contributed by atoms with Crippen LogP contribution in [-0.4, -0.2) is 23.6 Å². The predicted molar refractivity (Wildman–Crippen MR) is 116 cm³/mol. The smallest absolute Gasteiger partial charge is 0.220 e. The van der Waals surface area contributed by atoms with Gasteiger partial charge in [0.05, 0.1) is 11.4 Å².